The number of carbonyl (C=O) groups excluding carboxylic acids is 1. The first-order valence-corrected chi connectivity index (χ1v) is 4.45. The van der Waals surface area contributed by atoms with E-state index in [1.807, 2.05) is 5.43 Å². The smallest absolute Gasteiger partial charge is 0.423 e. The highest BCUT2D eigenvalue weighted by molar-refractivity contribution is 5.76. The minimum absolute atomic E-state index is 0.285. The molecule has 1 aromatic carbocycles. The number of hydrogen-bond acceptors (Lipinski definition) is 3. The molecule has 0 aliphatic carbocycles. The molecule has 3 amide bonds. The van der Waals surface area contributed by atoms with Crippen molar-refractivity contribution < 1.29 is 14.7 Å². The van der Waals surface area contributed by atoms with E-state index in [0.717, 1.165) is 5.56 Å². The quantitative estimate of drug-likeness (QED) is 0.365. The summed E-state index contributed by atoms with van der Waals surface area (Å²) in [6.45, 7) is 0.285. The van der Waals surface area contributed by atoms with Crippen molar-refractivity contribution >= 4 is 17.8 Å². The summed E-state index contributed by atoms with van der Waals surface area (Å²) >= 11 is 0. The van der Waals surface area contributed by atoms with Crippen molar-refractivity contribution in [2.45, 2.75) is 6.54 Å². The predicted octanol–water partition coefficient (Wildman–Crippen LogP) is 0.251. The molecule has 0 aliphatic rings. The molecule has 86 valence electrons. The highest BCUT2D eigenvalue weighted by atomic mass is 16.4. The van der Waals surface area contributed by atoms with Crippen molar-refractivity contribution in [2.75, 3.05) is 5.73 Å². The highest BCUT2D eigenvalue weighted by Gasteiger charge is 2.01. The second-order valence-electron chi connectivity index (χ2n) is 2.98. The molecule has 0 heterocycles. The van der Waals surface area contributed by atoms with Gasteiger partial charge in [0.1, 0.15) is 0 Å². The summed E-state index contributed by atoms with van der Waals surface area (Å²) in [6, 6.07) is 6.33. The highest BCUT2D eigenvalue weighted by Crippen LogP contribution is 2.04. The van der Waals surface area contributed by atoms with Gasteiger partial charge in [0.05, 0.1) is 0 Å². The summed E-state index contributed by atoms with van der Waals surface area (Å²) in [5.74, 6) is 0. The van der Waals surface area contributed by atoms with Gasteiger partial charge in [-0.05, 0) is 17.7 Å². The van der Waals surface area contributed by atoms with E-state index in [4.69, 9.17) is 10.8 Å². The number of amides is 3. The van der Waals surface area contributed by atoms with Crippen LogP contribution < -0.4 is 21.9 Å². The number of carbonyl (C=O) groups is 2. The van der Waals surface area contributed by atoms with Crippen LogP contribution in [0.4, 0.5) is 15.3 Å². The van der Waals surface area contributed by atoms with Crippen LogP contribution in [0, 0.1) is 0 Å². The zero-order valence-electron chi connectivity index (χ0n) is 8.36. The lowest BCUT2D eigenvalue weighted by atomic mass is 10.2. The average molecular weight is 224 g/mol. The van der Waals surface area contributed by atoms with Crippen molar-refractivity contribution in [1.82, 2.24) is 16.2 Å². The first-order chi connectivity index (χ1) is 7.58. The van der Waals surface area contributed by atoms with E-state index in [1.54, 1.807) is 29.7 Å². The van der Waals surface area contributed by atoms with Crippen molar-refractivity contribution in [3.05, 3.63) is 29.8 Å². The van der Waals surface area contributed by atoms with Gasteiger partial charge in [-0.3, -0.25) is 0 Å². The molecule has 0 saturated carbocycles. The molecule has 6 N–H and O–H groups in total. The molecule has 0 saturated heterocycles. The monoisotopic (exact) mass is 224 g/mol. The number of hydrazine groups is 1. The SMILES string of the molecule is Nc1ccc(CNC(=O)NNC(=O)O)cc1. The molecule has 0 spiro atoms. The number of benzene rings is 1. The van der Waals surface area contributed by atoms with Crippen LogP contribution in [0.1, 0.15) is 5.56 Å². The van der Waals surface area contributed by atoms with E-state index in [0.29, 0.717) is 5.69 Å². The fraction of sp³-hybridized carbons (Fsp3) is 0.111. The van der Waals surface area contributed by atoms with E-state index in [2.05, 4.69) is 5.32 Å². The van der Waals surface area contributed by atoms with E-state index < -0.39 is 12.1 Å². The lowest BCUT2D eigenvalue weighted by molar-refractivity contribution is 0.186. The number of nitrogens with two attached hydrogens (primary N) is 1. The fourth-order valence-corrected chi connectivity index (χ4v) is 0.972. The van der Waals surface area contributed by atoms with Crippen molar-refractivity contribution in [2.24, 2.45) is 0 Å². The van der Waals surface area contributed by atoms with E-state index in [-0.39, 0.29) is 6.54 Å². The number of nitrogens with one attached hydrogen (secondary N) is 3. The summed E-state index contributed by atoms with van der Waals surface area (Å²) in [7, 11) is 0. The number of urea groups is 1. The van der Waals surface area contributed by atoms with Crippen LogP contribution >= 0.6 is 0 Å². The summed E-state index contributed by atoms with van der Waals surface area (Å²) in [4.78, 5) is 21.1. The Morgan fingerprint density at radius 3 is 2.38 bits per heavy atom. The van der Waals surface area contributed by atoms with Gasteiger partial charge in [-0.25, -0.2) is 20.4 Å². The van der Waals surface area contributed by atoms with Crippen LogP contribution in [-0.2, 0) is 6.54 Å². The van der Waals surface area contributed by atoms with Crippen molar-refractivity contribution in [1.29, 1.82) is 0 Å². The van der Waals surface area contributed by atoms with Crippen LogP contribution in [0.5, 0.6) is 0 Å². The Kier molecular flexibility index (Phi) is 3.96. The van der Waals surface area contributed by atoms with Crippen molar-refractivity contribution in [3.8, 4) is 0 Å². The average Bonchev–Trinajstić information content (AvgIpc) is 2.25. The molecule has 7 heteroatoms. The Morgan fingerprint density at radius 1 is 1.19 bits per heavy atom. The molecule has 1 aromatic rings. The maximum absolute atomic E-state index is 11.0. The predicted molar refractivity (Wildman–Crippen MR) is 57.4 cm³/mol. The van der Waals surface area contributed by atoms with Crippen LogP contribution in [0.25, 0.3) is 0 Å². The normalized spacial score (nSPS) is 9.25. The van der Waals surface area contributed by atoms with Gasteiger partial charge in [-0.15, -0.1) is 0 Å². The molecule has 0 bridgehead atoms. The van der Waals surface area contributed by atoms with E-state index in [9.17, 15) is 9.59 Å². The Morgan fingerprint density at radius 2 is 1.81 bits per heavy atom. The molecule has 7 nitrogen and oxygen atoms in total. The summed E-state index contributed by atoms with van der Waals surface area (Å²) in [6.07, 6.45) is -1.33. The molecule has 16 heavy (non-hydrogen) atoms. The first-order valence-electron chi connectivity index (χ1n) is 4.45. The van der Waals surface area contributed by atoms with Gasteiger partial charge in [-0.1, -0.05) is 12.1 Å². The second-order valence-corrected chi connectivity index (χ2v) is 2.98. The molecule has 0 fully saturated rings. The zero-order valence-corrected chi connectivity index (χ0v) is 8.36. The van der Waals surface area contributed by atoms with Gasteiger partial charge < -0.3 is 16.2 Å². The van der Waals surface area contributed by atoms with E-state index in [1.165, 1.54) is 0 Å². The minimum atomic E-state index is -1.33. The first kappa shape index (κ1) is 11.6. The lowest BCUT2D eigenvalue weighted by Gasteiger charge is -2.06. The summed E-state index contributed by atoms with van der Waals surface area (Å²) < 4.78 is 0. The van der Waals surface area contributed by atoms with Crippen LogP contribution in [-0.4, -0.2) is 17.2 Å². The molecule has 0 unspecified atom stereocenters. The Bertz CT molecular complexity index is 377. The minimum Gasteiger partial charge on any atom is -0.464 e. The van der Waals surface area contributed by atoms with Crippen LogP contribution in [0.15, 0.2) is 24.3 Å². The van der Waals surface area contributed by atoms with Crippen LogP contribution in [0.2, 0.25) is 0 Å². The molecule has 0 aliphatic heterocycles. The van der Waals surface area contributed by atoms with Gasteiger partial charge in [0.15, 0.2) is 0 Å². The summed E-state index contributed by atoms with van der Waals surface area (Å²) in [5.41, 5.74) is 10.7. The Hall–Kier alpha value is -2.44. The largest absolute Gasteiger partial charge is 0.464 e. The third-order valence-electron chi connectivity index (χ3n) is 1.72. The fourth-order valence-electron chi connectivity index (χ4n) is 0.972. The molecule has 0 atom stereocenters. The Balaban J connectivity index is 2.31. The zero-order chi connectivity index (χ0) is 12.0. The second kappa shape index (κ2) is 5.44. The molecule has 1 rings (SSSR count). The lowest BCUT2D eigenvalue weighted by Crippen LogP contribution is -2.46. The Labute approximate surface area is 91.6 Å². The molecular formula is C9H12N4O3. The van der Waals surface area contributed by atoms with E-state index >= 15 is 0 Å². The van der Waals surface area contributed by atoms with Gasteiger partial charge >= 0.3 is 12.1 Å². The number of hydrogen-bond donors (Lipinski definition) is 5. The maximum Gasteiger partial charge on any atom is 0.423 e. The third-order valence-corrected chi connectivity index (χ3v) is 1.72. The van der Waals surface area contributed by atoms with Gasteiger partial charge in [-0.2, -0.15) is 0 Å². The van der Waals surface area contributed by atoms with Gasteiger partial charge in [0, 0.05) is 12.2 Å². The molecule has 0 aromatic heterocycles. The standard InChI is InChI=1S/C9H12N4O3/c10-7-3-1-6(2-4-7)5-11-8(14)12-13-9(15)16/h1-4,13H,5,10H2,(H,15,16)(H2,11,12,14). The number of carboxylic acid groups (broad SMARTS) is 1. The molecular weight excluding hydrogens is 212 g/mol. The third kappa shape index (κ3) is 4.18. The van der Waals surface area contributed by atoms with Crippen LogP contribution in [0.3, 0.4) is 0 Å². The number of anilines is 1. The summed E-state index contributed by atoms with van der Waals surface area (Å²) in [5, 5.41) is 10.7. The number of nitrogen functional groups attached to an aromatic ring is 1. The topological polar surface area (TPSA) is 116 Å². The maximum atomic E-state index is 11.0. The molecule has 0 radical (unpaired) electrons. The van der Waals surface area contributed by atoms with Gasteiger partial charge in [0.25, 0.3) is 0 Å². The van der Waals surface area contributed by atoms with Crippen molar-refractivity contribution in [3.63, 3.8) is 0 Å². The number of rotatable bonds is 2. The van der Waals surface area contributed by atoms with Gasteiger partial charge in [0.2, 0.25) is 0 Å².